The maximum absolute atomic E-state index is 4.80. The van der Waals surface area contributed by atoms with Gasteiger partial charge < -0.3 is 9.80 Å². The van der Waals surface area contributed by atoms with E-state index in [-0.39, 0.29) is 12.1 Å². The van der Waals surface area contributed by atoms with E-state index >= 15 is 0 Å². The zero-order chi connectivity index (χ0) is 36.1. The van der Waals surface area contributed by atoms with Crippen LogP contribution >= 0.6 is 0 Å². The number of rotatable bonds is 15. The lowest BCUT2D eigenvalue weighted by atomic mass is 9.84. The molecule has 0 saturated heterocycles. The Balaban J connectivity index is 1.24. The number of hydrogen-bond donors (Lipinski definition) is 0. The van der Waals surface area contributed by atoms with Crippen molar-refractivity contribution in [2.75, 3.05) is 0 Å². The van der Waals surface area contributed by atoms with E-state index in [1.807, 2.05) is 6.08 Å². The van der Waals surface area contributed by atoms with Crippen LogP contribution in [0.25, 0.3) is 0 Å². The van der Waals surface area contributed by atoms with E-state index in [1.165, 1.54) is 33.6 Å². The second-order valence-corrected chi connectivity index (χ2v) is 14.4. The first-order valence-electron chi connectivity index (χ1n) is 19.3. The molecule has 0 bridgehead atoms. The average molecular weight is 685 g/mol. The summed E-state index contributed by atoms with van der Waals surface area (Å²) in [5.74, 6) is 0.833. The summed E-state index contributed by atoms with van der Waals surface area (Å²) in [7, 11) is 0. The topological polar surface area (TPSA) is 6.48 Å². The Labute approximate surface area is 314 Å². The highest BCUT2D eigenvalue weighted by atomic mass is 15.2. The number of benzene rings is 1. The molecule has 0 aromatic heterocycles. The molecule has 0 aliphatic heterocycles. The van der Waals surface area contributed by atoms with Crippen molar-refractivity contribution in [3.8, 4) is 0 Å². The summed E-state index contributed by atoms with van der Waals surface area (Å²) in [4.78, 5) is 4.91. The minimum Gasteiger partial charge on any atom is -0.344 e. The van der Waals surface area contributed by atoms with E-state index in [2.05, 4.69) is 163 Å². The van der Waals surface area contributed by atoms with Crippen molar-refractivity contribution in [3.05, 3.63) is 217 Å². The maximum Gasteiger partial charge on any atom is 0.0625 e. The van der Waals surface area contributed by atoms with Crippen LogP contribution in [-0.4, -0.2) is 21.9 Å². The van der Waals surface area contributed by atoms with Crippen LogP contribution in [-0.2, 0) is 0 Å². The minimum absolute atomic E-state index is 0.0755. The molecule has 266 valence electrons. The lowest BCUT2D eigenvalue weighted by molar-refractivity contribution is 0.335. The highest BCUT2D eigenvalue weighted by Gasteiger charge is 2.30. The first-order chi connectivity index (χ1) is 25.6. The second kappa shape index (κ2) is 18.4. The van der Waals surface area contributed by atoms with Gasteiger partial charge in [-0.15, -0.1) is 6.58 Å². The molecule has 6 rings (SSSR count). The summed E-state index contributed by atoms with van der Waals surface area (Å²) in [5.41, 5.74) is 10.2. The van der Waals surface area contributed by atoms with E-state index < -0.39 is 0 Å². The predicted octanol–water partition coefficient (Wildman–Crippen LogP) is 13.0. The lowest BCUT2D eigenvalue weighted by Gasteiger charge is -2.40. The van der Waals surface area contributed by atoms with Gasteiger partial charge in [0.1, 0.15) is 0 Å². The third kappa shape index (κ3) is 9.22. The molecule has 0 radical (unpaired) electrons. The van der Waals surface area contributed by atoms with Crippen LogP contribution in [0.3, 0.4) is 0 Å². The van der Waals surface area contributed by atoms with Crippen molar-refractivity contribution < 1.29 is 0 Å². The molecule has 0 spiro atoms. The molecule has 0 fully saturated rings. The molecule has 2 heteroatoms. The largest absolute Gasteiger partial charge is 0.344 e. The molecule has 52 heavy (non-hydrogen) atoms. The lowest BCUT2D eigenvalue weighted by Crippen LogP contribution is -2.37. The van der Waals surface area contributed by atoms with Gasteiger partial charge in [0.15, 0.2) is 0 Å². The Morgan fingerprint density at radius 2 is 1.65 bits per heavy atom. The third-order valence-corrected chi connectivity index (χ3v) is 10.8. The molecule has 4 unspecified atom stereocenters. The van der Waals surface area contributed by atoms with Crippen LogP contribution in [0.2, 0.25) is 0 Å². The smallest absolute Gasteiger partial charge is 0.0625 e. The zero-order valence-corrected chi connectivity index (χ0v) is 31.0. The molecule has 0 heterocycles. The van der Waals surface area contributed by atoms with Gasteiger partial charge >= 0.3 is 0 Å². The summed E-state index contributed by atoms with van der Waals surface area (Å²) in [6.45, 7) is 17.8. The molecule has 4 atom stereocenters. The Bertz CT molecular complexity index is 1820. The van der Waals surface area contributed by atoms with Gasteiger partial charge in [-0.2, -0.15) is 0 Å². The molecular weight excluding hydrogens is 629 g/mol. The summed E-state index contributed by atoms with van der Waals surface area (Å²) in [6, 6.07) is 11.2. The SMILES string of the molecule is C=CC=C1CCC=CC1=CN(C(=C)CCC(=C)N(C1=CCC(c2ccccc2)C=C1)C1CC=CC2=C1C=CCC2)C(C=C)CC=CC1C=CC=CC1. The van der Waals surface area contributed by atoms with Crippen LogP contribution in [0.1, 0.15) is 75.7 Å². The Hall–Kier alpha value is -5.08. The summed E-state index contributed by atoms with van der Waals surface area (Å²) >= 11 is 0. The van der Waals surface area contributed by atoms with Gasteiger partial charge in [-0.3, -0.25) is 0 Å². The molecule has 1 aromatic rings. The van der Waals surface area contributed by atoms with Crippen molar-refractivity contribution in [2.24, 2.45) is 5.92 Å². The number of allylic oxidation sites excluding steroid dienone is 19. The standard InChI is InChI=1S/C50H56N2/c1-5-19-42-25-13-14-27-46(42)38-51(47(6-2)29-17-22-41-20-9-7-10-21-41)39(3)32-33-40(4)52(50-31-18-28-45-26-15-16-30-49(45)50)48-36-34-44(35-37-48)43-23-11-8-12-24-43/h5-12,14,16-20,22-24,27-28,30,34,36-38,41,44,47,50H,1-4,13,15,21,25-26,29,31-33,35H2. The first-order valence-corrected chi connectivity index (χ1v) is 19.3. The molecule has 0 N–H and O–H groups in total. The van der Waals surface area contributed by atoms with Crippen molar-refractivity contribution in [2.45, 2.75) is 82.2 Å². The molecule has 1 aromatic carbocycles. The number of hydrogen-bond acceptors (Lipinski definition) is 2. The highest BCUT2D eigenvalue weighted by Crippen LogP contribution is 2.38. The normalized spacial score (nSPS) is 24.2. The minimum atomic E-state index is 0.0755. The van der Waals surface area contributed by atoms with E-state index in [0.29, 0.717) is 11.8 Å². The number of nitrogens with zero attached hydrogens (tertiary/aromatic N) is 2. The Morgan fingerprint density at radius 1 is 0.827 bits per heavy atom. The van der Waals surface area contributed by atoms with Gasteiger partial charge in [-0.1, -0.05) is 153 Å². The van der Waals surface area contributed by atoms with E-state index in [4.69, 9.17) is 13.2 Å². The Morgan fingerprint density at radius 3 is 2.42 bits per heavy atom. The predicted molar refractivity (Wildman–Crippen MR) is 224 cm³/mol. The van der Waals surface area contributed by atoms with Gasteiger partial charge in [0, 0.05) is 29.2 Å². The molecular formula is C50H56N2. The molecule has 5 aliphatic carbocycles. The van der Waals surface area contributed by atoms with Crippen molar-refractivity contribution >= 4 is 0 Å². The fourth-order valence-electron chi connectivity index (χ4n) is 7.95. The first kappa shape index (κ1) is 36.7. The monoisotopic (exact) mass is 684 g/mol. The summed E-state index contributed by atoms with van der Waals surface area (Å²) in [6.07, 6.45) is 52.7. The maximum atomic E-state index is 4.80. The van der Waals surface area contributed by atoms with Gasteiger partial charge in [0.25, 0.3) is 0 Å². The van der Waals surface area contributed by atoms with Crippen LogP contribution in [0.5, 0.6) is 0 Å². The van der Waals surface area contributed by atoms with Gasteiger partial charge in [0.2, 0.25) is 0 Å². The van der Waals surface area contributed by atoms with Gasteiger partial charge in [-0.05, 0) is 104 Å². The molecule has 5 aliphatic rings. The van der Waals surface area contributed by atoms with Crippen molar-refractivity contribution in [1.82, 2.24) is 9.80 Å². The summed E-state index contributed by atoms with van der Waals surface area (Å²) in [5, 5.41) is 0. The highest BCUT2D eigenvalue weighted by molar-refractivity contribution is 5.47. The van der Waals surface area contributed by atoms with Crippen LogP contribution in [0.15, 0.2) is 212 Å². The van der Waals surface area contributed by atoms with Crippen LogP contribution in [0, 0.1) is 5.92 Å². The van der Waals surface area contributed by atoms with Gasteiger partial charge in [-0.25, -0.2) is 0 Å². The van der Waals surface area contributed by atoms with Crippen LogP contribution in [0.4, 0.5) is 0 Å². The third-order valence-electron chi connectivity index (χ3n) is 10.8. The molecule has 0 saturated carbocycles. The van der Waals surface area contributed by atoms with E-state index in [1.54, 1.807) is 0 Å². The van der Waals surface area contributed by atoms with E-state index in [0.717, 1.165) is 75.6 Å². The molecule has 0 amide bonds. The van der Waals surface area contributed by atoms with Crippen LogP contribution < -0.4 is 0 Å². The zero-order valence-electron chi connectivity index (χ0n) is 31.0. The average Bonchev–Trinajstić information content (AvgIpc) is 3.20. The van der Waals surface area contributed by atoms with Crippen molar-refractivity contribution in [1.29, 1.82) is 0 Å². The Kier molecular flexibility index (Phi) is 13.0. The fourth-order valence-corrected chi connectivity index (χ4v) is 7.95. The van der Waals surface area contributed by atoms with E-state index in [9.17, 15) is 0 Å². The van der Waals surface area contributed by atoms with Gasteiger partial charge in [0.05, 0.1) is 12.1 Å². The quantitative estimate of drug-likeness (QED) is 0.170. The van der Waals surface area contributed by atoms with Crippen molar-refractivity contribution in [3.63, 3.8) is 0 Å². The second-order valence-electron chi connectivity index (χ2n) is 14.4. The summed E-state index contributed by atoms with van der Waals surface area (Å²) < 4.78 is 0. The fraction of sp³-hybridized carbons (Fsp3) is 0.280. The molecule has 2 nitrogen and oxygen atoms in total.